The van der Waals surface area contributed by atoms with Gasteiger partial charge in [-0.3, -0.25) is 4.79 Å². The average molecular weight is 624 g/mol. The van der Waals surface area contributed by atoms with Gasteiger partial charge in [-0.1, -0.05) is 31.2 Å². The van der Waals surface area contributed by atoms with Crippen LogP contribution in [0.15, 0.2) is 60.9 Å². The van der Waals surface area contributed by atoms with E-state index in [2.05, 4.69) is 64.6 Å². The average Bonchev–Trinajstić information content (AvgIpc) is 3.36. The predicted octanol–water partition coefficient (Wildman–Crippen LogP) is 5.65. The molecule has 0 saturated heterocycles. The number of rotatable bonds is 10. The number of fused-ring (bicyclic) bond motifs is 1. The van der Waals surface area contributed by atoms with Gasteiger partial charge in [0.25, 0.3) is 5.91 Å². The molecule has 3 aromatic heterocycles. The first-order valence-corrected chi connectivity index (χ1v) is 16.1. The summed E-state index contributed by atoms with van der Waals surface area (Å²) in [5, 5.41) is 7.99. The number of pyridine rings is 1. The minimum Gasteiger partial charge on any atom is -0.358 e. The van der Waals surface area contributed by atoms with Gasteiger partial charge >= 0.3 is 5.91 Å². The molecule has 242 valence electrons. The zero-order valence-corrected chi connectivity index (χ0v) is 28.1. The van der Waals surface area contributed by atoms with Crippen LogP contribution >= 0.6 is 0 Å². The molecule has 4 aromatic rings. The van der Waals surface area contributed by atoms with E-state index in [1.165, 1.54) is 0 Å². The first kappa shape index (κ1) is 33.0. The molecule has 2 unspecified atom stereocenters. The number of benzene rings is 1. The molecule has 3 heterocycles. The predicted molar refractivity (Wildman–Crippen MR) is 186 cm³/mol. The van der Waals surface area contributed by atoms with Crippen molar-refractivity contribution in [2.24, 2.45) is 0 Å². The standard InChI is InChI=1S/C36H46N8O2/c1-8-25-22-38-35(41-33(25)32-24(2)39-29-15-10-9-14-28(29)32)40-26-13-11-19-36(3,21-26)42-34(46)30-18-17-27(23-37-30)44(6,7)31(45)16-12-20-43(4)5/h9-10,12,14-18,22-23,26H,8,11,13,19-21H2,1-7H3,(H2-,38,39,40,41,42,46)/p+1. The summed E-state index contributed by atoms with van der Waals surface area (Å²) in [5.74, 6) is 0.311. The van der Waals surface area contributed by atoms with E-state index in [4.69, 9.17) is 4.98 Å². The molecule has 5 rings (SSSR count). The first-order valence-electron chi connectivity index (χ1n) is 16.1. The number of carbonyl (C=O) groups excluding carboxylic acids is 2. The SMILES string of the molecule is CCc1cnc(NC2CCCC(C)(NC(=O)c3ccc([N+](C)(C)C(=O)C=CCN(C)C)cn3)C2)nc1-c1c(C)[nH]c2ccccc12. The number of hydrogen-bond acceptors (Lipinski definition) is 7. The molecular weight excluding hydrogens is 576 g/mol. The van der Waals surface area contributed by atoms with Gasteiger partial charge in [0.1, 0.15) is 5.69 Å². The fraction of sp³-hybridized carbons (Fsp3) is 0.417. The van der Waals surface area contributed by atoms with Crippen LogP contribution in [0.3, 0.4) is 0 Å². The Morgan fingerprint density at radius 1 is 1.13 bits per heavy atom. The number of likely N-dealkylation sites (N-methyl/N-ethyl adjacent to an activating group) is 2. The van der Waals surface area contributed by atoms with Crippen LogP contribution in [0, 0.1) is 6.92 Å². The van der Waals surface area contributed by atoms with Crippen LogP contribution in [0.2, 0.25) is 0 Å². The van der Waals surface area contributed by atoms with Crippen LogP contribution in [0.4, 0.5) is 11.6 Å². The van der Waals surface area contributed by atoms with Crippen molar-refractivity contribution in [3.05, 3.63) is 77.9 Å². The number of aromatic amines is 1. The van der Waals surface area contributed by atoms with E-state index in [-0.39, 0.29) is 22.3 Å². The molecule has 3 N–H and O–H groups in total. The second-order valence-corrected chi connectivity index (χ2v) is 13.4. The summed E-state index contributed by atoms with van der Waals surface area (Å²) in [5.41, 5.74) is 5.96. The topological polar surface area (TPSA) is 116 Å². The highest BCUT2D eigenvalue weighted by atomic mass is 16.2. The molecule has 0 aliphatic heterocycles. The van der Waals surface area contributed by atoms with Gasteiger partial charge in [-0.25, -0.2) is 24.2 Å². The Morgan fingerprint density at radius 3 is 2.63 bits per heavy atom. The number of carbonyl (C=O) groups is 2. The van der Waals surface area contributed by atoms with E-state index in [1.807, 2.05) is 51.4 Å². The normalized spacial score (nSPS) is 18.7. The molecule has 10 heteroatoms. The molecule has 1 aliphatic rings. The Balaban J connectivity index is 1.27. The number of amides is 2. The van der Waals surface area contributed by atoms with Crippen LogP contribution < -0.4 is 15.1 Å². The van der Waals surface area contributed by atoms with Gasteiger partial charge in [0.2, 0.25) is 5.95 Å². The largest absolute Gasteiger partial charge is 0.358 e. The summed E-state index contributed by atoms with van der Waals surface area (Å²) in [6, 6.07) is 11.9. The number of nitrogens with zero attached hydrogens (tertiary/aromatic N) is 5. The van der Waals surface area contributed by atoms with Gasteiger partial charge in [0, 0.05) is 58.6 Å². The highest BCUT2D eigenvalue weighted by Gasteiger charge is 2.35. The van der Waals surface area contributed by atoms with Crippen molar-refractivity contribution < 1.29 is 9.59 Å². The van der Waals surface area contributed by atoms with Crippen LogP contribution in [0.1, 0.15) is 61.3 Å². The lowest BCUT2D eigenvalue weighted by Crippen LogP contribution is -2.51. The second-order valence-electron chi connectivity index (χ2n) is 13.4. The van der Waals surface area contributed by atoms with Crippen molar-refractivity contribution in [1.82, 2.24) is 34.6 Å². The zero-order chi connectivity index (χ0) is 33.1. The number of para-hydroxylation sites is 1. The van der Waals surface area contributed by atoms with Crippen molar-refractivity contribution >= 4 is 34.4 Å². The van der Waals surface area contributed by atoms with Crippen molar-refractivity contribution in [1.29, 1.82) is 0 Å². The van der Waals surface area contributed by atoms with Crippen molar-refractivity contribution in [2.45, 2.75) is 64.5 Å². The fourth-order valence-corrected chi connectivity index (χ4v) is 6.31. The van der Waals surface area contributed by atoms with E-state index in [1.54, 1.807) is 24.4 Å². The highest BCUT2D eigenvalue weighted by molar-refractivity contribution is 5.98. The van der Waals surface area contributed by atoms with Crippen LogP contribution in [0.5, 0.6) is 0 Å². The Bertz CT molecular complexity index is 1740. The Morgan fingerprint density at radius 2 is 1.91 bits per heavy atom. The number of aromatic nitrogens is 4. The molecule has 1 aliphatic carbocycles. The van der Waals surface area contributed by atoms with E-state index >= 15 is 0 Å². The number of quaternary nitrogens is 1. The molecular formula is C36H47N8O2+. The minimum atomic E-state index is -0.421. The number of anilines is 1. The molecule has 2 amide bonds. The van der Waals surface area contributed by atoms with Crippen LogP contribution in [-0.4, -0.2) is 83.0 Å². The van der Waals surface area contributed by atoms with Crippen LogP contribution in [0.25, 0.3) is 22.2 Å². The Labute approximate surface area is 271 Å². The summed E-state index contributed by atoms with van der Waals surface area (Å²) in [7, 11) is 7.54. The minimum absolute atomic E-state index is 0.00674. The second kappa shape index (κ2) is 13.5. The van der Waals surface area contributed by atoms with Gasteiger partial charge in [-0.15, -0.1) is 0 Å². The number of hydrogen-bond donors (Lipinski definition) is 3. The van der Waals surface area contributed by atoms with Crippen molar-refractivity contribution in [3.63, 3.8) is 0 Å². The van der Waals surface area contributed by atoms with Gasteiger partial charge < -0.3 is 20.5 Å². The van der Waals surface area contributed by atoms with Crippen molar-refractivity contribution in [2.75, 3.05) is 40.1 Å². The molecule has 0 spiro atoms. The number of nitrogens with one attached hydrogen (secondary N) is 3. The summed E-state index contributed by atoms with van der Waals surface area (Å²) in [6.07, 6.45) is 11.3. The smallest absolute Gasteiger partial charge is 0.343 e. The molecule has 10 nitrogen and oxygen atoms in total. The van der Waals surface area contributed by atoms with E-state index < -0.39 is 5.54 Å². The Kier molecular flexibility index (Phi) is 9.69. The van der Waals surface area contributed by atoms with Crippen LogP contribution in [-0.2, 0) is 11.2 Å². The van der Waals surface area contributed by atoms with Gasteiger partial charge in [-0.2, -0.15) is 0 Å². The molecule has 46 heavy (non-hydrogen) atoms. The van der Waals surface area contributed by atoms with E-state index in [9.17, 15) is 9.59 Å². The molecule has 0 radical (unpaired) electrons. The molecule has 0 bridgehead atoms. The zero-order valence-electron chi connectivity index (χ0n) is 28.1. The summed E-state index contributed by atoms with van der Waals surface area (Å²) in [6.45, 7) is 6.99. The van der Waals surface area contributed by atoms with Crippen molar-refractivity contribution in [3.8, 4) is 11.3 Å². The fourth-order valence-electron chi connectivity index (χ4n) is 6.31. The maximum atomic E-state index is 13.4. The molecule has 1 fully saturated rings. The third kappa shape index (κ3) is 7.18. The lowest BCUT2D eigenvalue weighted by Gasteiger charge is -2.39. The van der Waals surface area contributed by atoms with Gasteiger partial charge in [0.15, 0.2) is 5.69 Å². The lowest BCUT2D eigenvalue weighted by atomic mass is 9.80. The Hall–Kier alpha value is -4.41. The summed E-state index contributed by atoms with van der Waals surface area (Å²) in [4.78, 5) is 45.9. The number of H-pyrrole nitrogens is 1. The number of aryl methyl sites for hydroxylation is 2. The maximum absolute atomic E-state index is 13.4. The highest BCUT2D eigenvalue weighted by Crippen LogP contribution is 2.35. The lowest BCUT2D eigenvalue weighted by molar-refractivity contribution is -0.123. The first-order chi connectivity index (χ1) is 21.9. The third-order valence-corrected chi connectivity index (χ3v) is 9.01. The summed E-state index contributed by atoms with van der Waals surface area (Å²) < 4.78 is 0.00674. The van der Waals surface area contributed by atoms with E-state index in [0.717, 1.165) is 65.5 Å². The monoisotopic (exact) mass is 623 g/mol. The van der Waals surface area contributed by atoms with Gasteiger partial charge in [0.05, 0.1) is 26.0 Å². The van der Waals surface area contributed by atoms with Gasteiger partial charge in [-0.05, 0) is 77.7 Å². The maximum Gasteiger partial charge on any atom is 0.343 e. The van der Waals surface area contributed by atoms with E-state index in [0.29, 0.717) is 23.9 Å². The molecule has 1 aromatic carbocycles. The molecule has 2 atom stereocenters. The summed E-state index contributed by atoms with van der Waals surface area (Å²) >= 11 is 0. The quantitative estimate of drug-likeness (QED) is 0.155. The third-order valence-electron chi connectivity index (χ3n) is 9.01. The molecule has 1 saturated carbocycles.